The van der Waals surface area contributed by atoms with Crippen molar-refractivity contribution in [2.45, 2.75) is 32.6 Å². The minimum absolute atomic E-state index is 0.198. The molecule has 0 amide bonds. The van der Waals surface area contributed by atoms with Crippen LogP contribution in [-0.2, 0) is 6.42 Å². The Bertz CT molecular complexity index is 570. The predicted octanol–water partition coefficient (Wildman–Crippen LogP) is 5.27. The summed E-state index contributed by atoms with van der Waals surface area (Å²) in [6.45, 7) is 6.06. The van der Waals surface area contributed by atoms with Crippen LogP contribution in [0.5, 0.6) is 0 Å². The molecule has 1 atom stereocenters. The molecular weight excluding hydrogens is 259 g/mol. The van der Waals surface area contributed by atoms with E-state index in [-0.39, 0.29) is 11.2 Å². The van der Waals surface area contributed by atoms with Crippen LogP contribution >= 0.6 is 11.6 Å². The summed E-state index contributed by atoms with van der Waals surface area (Å²) in [5.74, 6) is -0.222. The fraction of sp³-hybridized carbons (Fsp3) is 0.294. The Labute approximate surface area is 119 Å². The SMILES string of the molecule is Cc1cc(F)cc(C(Cl)Cc2ccc(C)c(C)c2)c1. The fourth-order valence-electron chi connectivity index (χ4n) is 2.20. The van der Waals surface area contributed by atoms with E-state index in [0.29, 0.717) is 6.42 Å². The van der Waals surface area contributed by atoms with E-state index in [0.717, 1.165) is 11.1 Å². The number of hydrogen-bond donors (Lipinski definition) is 0. The lowest BCUT2D eigenvalue weighted by molar-refractivity contribution is 0.623. The molecule has 0 N–H and O–H groups in total. The summed E-state index contributed by atoms with van der Waals surface area (Å²) in [4.78, 5) is 0. The minimum Gasteiger partial charge on any atom is -0.207 e. The van der Waals surface area contributed by atoms with Crippen molar-refractivity contribution in [3.8, 4) is 0 Å². The lowest BCUT2D eigenvalue weighted by Gasteiger charge is -2.12. The third kappa shape index (κ3) is 3.57. The van der Waals surface area contributed by atoms with E-state index >= 15 is 0 Å². The Morgan fingerprint density at radius 3 is 2.37 bits per heavy atom. The second kappa shape index (κ2) is 5.75. The number of halogens is 2. The van der Waals surface area contributed by atoms with E-state index in [9.17, 15) is 4.39 Å². The summed E-state index contributed by atoms with van der Waals surface area (Å²) in [5, 5.41) is -0.198. The average Bonchev–Trinajstić information content (AvgIpc) is 2.32. The third-order valence-corrected chi connectivity index (χ3v) is 3.82. The molecule has 0 aliphatic heterocycles. The molecule has 2 heteroatoms. The zero-order valence-electron chi connectivity index (χ0n) is 11.5. The van der Waals surface area contributed by atoms with Crippen molar-refractivity contribution in [1.29, 1.82) is 0 Å². The number of benzene rings is 2. The molecule has 0 radical (unpaired) electrons. The van der Waals surface area contributed by atoms with Gasteiger partial charge in [0.25, 0.3) is 0 Å². The van der Waals surface area contributed by atoms with Crippen molar-refractivity contribution in [3.05, 3.63) is 70.0 Å². The number of aryl methyl sites for hydroxylation is 3. The molecule has 0 aliphatic rings. The maximum absolute atomic E-state index is 13.4. The van der Waals surface area contributed by atoms with Crippen LogP contribution in [0.15, 0.2) is 36.4 Å². The Balaban J connectivity index is 2.20. The second-order valence-electron chi connectivity index (χ2n) is 5.15. The van der Waals surface area contributed by atoms with Gasteiger partial charge in [-0.3, -0.25) is 0 Å². The van der Waals surface area contributed by atoms with Gasteiger partial charge in [0.1, 0.15) is 5.82 Å². The van der Waals surface area contributed by atoms with Gasteiger partial charge in [-0.1, -0.05) is 24.3 Å². The summed E-state index contributed by atoms with van der Waals surface area (Å²) in [6, 6.07) is 11.3. The highest BCUT2D eigenvalue weighted by molar-refractivity contribution is 6.20. The van der Waals surface area contributed by atoms with Gasteiger partial charge >= 0.3 is 0 Å². The first-order chi connectivity index (χ1) is 8.95. The van der Waals surface area contributed by atoms with Crippen LogP contribution in [0.25, 0.3) is 0 Å². The monoisotopic (exact) mass is 276 g/mol. The number of hydrogen-bond acceptors (Lipinski definition) is 0. The topological polar surface area (TPSA) is 0 Å². The van der Waals surface area contributed by atoms with Gasteiger partial charge in [0.15, 0.2) is 0 Å². The summed E-state index contributed by atoms with van der Waals surface area (Å²) in [6.07, 6.45) is 0.714. The van der Waals surface area contributed by atoms with Gasteiger partial charge in [0, 0.05) is 0 Å². The molecule has 0 fully saturated rings. The van der Waals surface area contributed by atoms with Crippen molar-refractivity contribution in [2.24, 2.45) is 0 Å². The number of alkyl halides is 1. The highest BCUT2D eigenvalue weighted by atomic mass is 35.5. The van der Waals surface area contributed by atoms with Crippen molar-refractivity contribution >= 4 is 11.6 Å². The van der Waals surface area contributed by atoms with Crippen LogP contribution in [0.3, 0.4) is 0 Å². The fourth-order valence-corrected chi connectivity index (χ4v) is 2.50. The van der Waals surface area contributed by atoms with E-state index in [2.05, 4.69) is 32.0 Å². The van der Waals surface area contributed by atoms with Gasteiger partial charge in [-0.25, -0.2) is 4.39 Å². The molecule has 0 heterocycles. The lowest BCUT2D eigenvalue weighted by atomic mass is 9.99. The van der Waals surface area contributed by atoms with Gasteiger partial charge in [-0.05, 0) is 67.1 Å². The second-order valence-corrected chi connectivity index (χ2v) is 5.68. The Kier molecular flexibility index (Phi) is 4.26. The molecule has 2 aromatic carbocycles. The number of rotatable bonds is 3. The highest BCUT2D eigenvalue weighted by Crippen LogP contribution is 2.27. The van der Waals surface area contributed by atoms with E-state index < -0.39 is 0 Å². The summed E-state index contributed by atoms with van der Waals surface area (Å²) in [7, 11) is 0. The highest BCUT2D eigenvalue weighted by Gasteiger charge is 2.11. The molecule has 0 spiro atoms. The van der Waals surface area contributed by atoms with Crippen molar-refractivity contribution in [1.82, 2.24) is 0 Å². The first-order valence-electron chi connectivity index (χ1n) is 6.43. The van der Waals surface area contributed by atoms with Crippen molar-refractivity contribution in [3.63, 3.8) is 0 Å². The van der Waals surface area contributed by atoms with Gasteiger partial charge in [0.2, 0.25) is 0 Å². The zero-order chi connectivity index (χ0) is 14.0. The summed E-state index contributed by atoms with van der Waals surface area (Å²) in [5.41, 5.74) is 5.47. The van der Waals surface area contributed by atoms with Gasteiger partial charge in [0.05, 0.1) is 5.38 Å². The Hall–Kier alpha value is -1.34. The van der Waals surface area contributed by atoms with Gasteiger partial charge in [-0.2, -0.15) is 0 Å². The smallest absolute Gasteiger partial charge is 0.123 e. The normalized spacial score (nSPS) is 12.5. The minimum atomic E-state index is -0.222. The first-order valence-corrected chi connectivity index (χ1v) is 6.86. The standard InChI is InChI=1S/C17H18ClF/c1-11-6-15(10-16(19)7-11)17(18)9-14-5-4-12(2)13(3)8-14/h4-8,10,17H,9H2,1-3H3. The van der Waals surface area contributed by atoms with Gasteiger partial charge < -0.3 is 0 Å². The van der Waals surface area contributed by atoms with Crippen LogP contribution < -0.4 is 0 Å². The molecule has 19 heavy (non-hydrogen) atoms. The predicted molar refractivity (Wildman–Crippen MR) is 79.4 cm³/mol. The molecular formula is C17H18ClF. The van der Waals surface area contributed by atoms with Crippen LogP contribution in [0, 0.1) is 26.6 Å². The van der Waals surface area contributed by atoms with Crippen LogP contribution in [-0.4, -0.2) is 0 Å². The molecule has 0 aliphatic carbocycles. The van der Waals surface area contributed by atoms with E-state index in [4.69, 9.17) is 11.6 Å². The molecule has 1 unspecified atom stereocenters. The molecule has 2 rings (SSSR count). The van der Waals surface area contributed by atoms with E-state index in [1.807, 2.05) is 13.0 Å². The Morgan fingerprint density at radius 1 is 1.00 bits per heavy atom. The lowest BCUT2D eigenvalue weighted by Crippen LogP contribution is -1.98. The summed E-state index contributed by atoms with van der Waals surface area (Å²) < 4.78 is 13.4. The van der Waals surface area contributed by atoms with E-state index in [1.54, 1.807) is 0 Å². The quantitative estimate of drug-likeness (QED) is 0.670. The molecule has 0 saturated carbocycles. The molecule has 2 aromatic rings. The molecule has 0 nitrogen and oxygen atoms in total. The van der Waals surface area contributed by atoms with Crippen LogP contribution in [0.4, 0.5) is 4.39 Å². The van der Waals surface area contributed by atoms with Gasteiger partial charge in [-0.15, -0.1) is 11.6 Å². The molecule has 0 saturated heterocycles. The average molecular weight is 277 g/mol. The largest absolute Gasteiger partial charge is 0.207 e. The summed E-state index contributed by atoms with van der Waals surface area (Å²) >= 11 is 6.41. The van der Waals surface area contributed by atoms with E-state index in [1.165, 1.54) is 28.8 Å². The maximum Gasteiger partial charge on any atom is 0.123 e. The van der Waals surface area contributed by atoms with Crippen molar-refractivity contribution < 1.29 is 4.39 Å². The molecule has 100 valence electrons. The first kappa shape index (κ1) is 14.1. The zero-order valence-corrected chi connectivity index (χ0v) is 12.3. The third-order valence-electron chi connectivity index (χ3n) is 3.41. The molecule has 0 bridgehead atoms. The van der Waals surface area contributed by atoms with Crippen molar-refractivity contribution in [2.75, 3.05) is 0 Å². The Morgan fingerprint density at radius 2 is 1.74 bits per heavy atom. The van der Waals surface area contributed by atoms with Crippen LogP contribution in [0.1, 0.15) is 33.2 Å². The van der Waals surface area contributed by atoms with Crippen LogP contribution in [0.2, 0.25) is 0 Å². The molecule has 0 aromatic heterocycles. The maximum atomic E-state index is 13.4.